The van der Waals surface area contributed by atoms with Crippen molar-refractivity contribution in [2.45, 2.75) is 32.2 Å². The largest absolute Gasteiger partial charge is 0.370 e. The van der Waals surface area contributed by atoms with Crippen molar-refractivity contribution in [2.24, 2.45) is 10.7 Å². The Bertz CT molecular complexity index is 381. The van der Waals surface area contributed by atoms with Crippen LogP contribution in [-0.2, 0) is 6.42 Å². The first-order valence-electron chi connectivity index (χ1n) is 5.86. The first-order chi connectivity index (χ1) is 7.75. The van der Waals surface area contributed by atoms with Crippen molar-refractivity contribution in [3.05, 3.63) is 35.4 Å². The molecule has 1 aromatic rings. The van der Waals surface area contributed by atoms with Crippen LogP contribution in [0.15, 0.2) is 29.3 Å². The lowest BCUT2D eigenvalue weighted by atomic mass is 10.1. The third kappa shape index (κ3) is 3.26. The van der Waals surface area contributed by atoms with Crippen LogP contribution in [0.3, 0.4) is 0 Å². The van der Waals surface area contributed by atoms with Crippen LogP contribution >= 0.6 is 0 Å². The fourth-order valence-electron chi connectivity index (χ4n) is 1.67. The van der Waals surface area contributed by atoms with Gasteiger partial charge < -0.3 is 11.1 Å². The van der Waals surface area contributed by atoms with Crippen LogP contribution in [0, 0.1) is 6.92 Å². The normalized spacial score (nSPS) is 16.2. The molecule has 3 nitrogen and oxygen atoms in total. The molecule has 2 rings (SSSR count). The SMILES string of the molecule is Cc1ccccc1CCN=C(N)NC1CC1. The number of aliphatic imine (C=N–C) groups is 1. The maximum atomic E-state index is 5.76. The molecule has 0 atom stereocenters. The lowest BCUT2D eigenvalue weighted by Crippen LogP contribution is -2.33. The van der Waals surface area contributed by atoms with Crippen molar-refractivity contribution in [2.75, 3.05) is 6.54 Å². The number of guanidine groups is 1. The smallest absolute Gasteiger partial charge is 0.188 e. The minimum atomic E-state index is 0.585. The van der Waals surface area contributed by atoms with Crippen LogP contribution in [0.1, 0.15) is 24.0 Å². The van der Waals surface area contributed by atoms with E-state index >= 15 is 0 Å². The summed E-state index contributed by atoms with van der Waals surface area (Å²) in [6.07, 6.45) is 3.42. The molecule has 0 spiro atoms. The molecule has 1 aliphatic rings. The summed E-state index contributed by atoms with van der Waals surface area (Å²) in [4.78, 5) is 4.32. The van der Waals surface area contributed by atoms with E-state index in [1.54, 1.807) is 0 Å². The van der Waals surface area contributed by atoms with E-state index in [0.29, 0.717) is 12.0 Å². The van der Waals surface area contributed by atoms with Crippen LogP contribution in [0.5, 0.6) is 0 Å². The van der Waals surface area contributed by atoms with E-state index in [9.17, 15) is 0 Å². The highest BCUT2D eigenvalue weighted by Gasteiger charge is 2.21. The molecule has 1 aliphatic carbocycles. The zero-order valence-corrected chi connectivity index (χ0v) is 9.74. The van der Waals surface area contributed by atoms with E-state index in [2.05, 4.69) is 41.5 Å². The number of hydrogen-bond donors (Lipinski definition) is 2. The number of rotatable bonds is 4. The van der Waals surface area contributed by atoms with E-state index < -0.39 is 0 Å². The zero-order chi connectivity index (χ0) is 11.4. The number of nitrogens with two attached hydrogens (primary N) is 1. The average molecular weight is 217 g/mol. The molecule has 0 radical (unpaired) electrons. The van der Waals surface area contributed by atoms with Crippen LogP contribution in [-0.4, -0.2) is 18.5 Å². The predicted octanol–water partition coefficient (Wildman–Crippen LogP) is 1.60. The Labute approximate surface area is 96.8 Å². The second-order valence-electron chi connectivity index (χ2n) is 4.36. The van der Waals surface area contributed by atoms with Gasteiger partial charge in [0.15, 0.2) is 5.96 Å². The van der Waals surface area contributed by atoms with Crippen LogP contribution in [0.4, 0.5) is 0 Å². The lowest BCUT2D eigenvalue weighted by Gasteiger charge is -2.05. The number of aryl methyl sites for hydroxylation is 1. The summed E-state index contributed by atoms with van der Waals surface area (Å²) in [5.74, 6) is 0.594. The maximum Gasteiger partial charge on any atom is 0.188 e. The third-order valence-corrected chi connectivity index (χ3v) is 2.85. The van der Waals surface area contributed by atoms with Crippen molar-refractivity contribution < 1.29 is 0 Å². The summed E-state index contributed by atoms with van der Waals surface area (Å²) >= 11 is 0. The minimum absolute atomic E-state index is 0.585. The van der Waals surface area contributed by atoms with Gasteiger partial charge in [-0.2, -0.15) is 0 Å². The molecule has 0 aromatic heterocycles. The van der Waals surface area contributed by atoms with Gasteiger partial charge in [-0.3, -0.25) is 4.99 Å². The van der Waals surface area contributed by atoms with Crippen molar-refractivity contribution in [1.29, 1.82) is 0 Å². The third-order valence-electron chi connectivity index (χ3n) is 2.85. The molecule has 86 valence electrons. The monoisotopic (exact) mass is 217 g/mol. The van der Waals surface area contributed by atoms with Crippen molar-refractivity contribution in [1.82, 2.24) is 5.32 Å². The fourth-order valence-corrected chi connectivity index (χ4v) is 1.67. The van der Waals surface area contributed by atoms with E-state index in [1.165, 1.54) is 24.0 Å². The molecule has 0 heterocycles. The van der Waals surface area contributed by atoms with Gasteiger partial charge in [0.05, 0.1) is 0 Å². The van der Waals surface area contributed by atoms with E-state index in [4.69, 9.17) is 5.73 Å². The molecule has 0 bridgehead atoms. The minimum Gasteiger partial charge on any atom is -0.370 e. The number of hydrogen-bond acceptors (Lipinski definition) is 1. The summed E-state index contributed by atoms with van der Waals surface area (Å²) in [7, 11) is 0. The van der Waals surface area contributed by atoms with E-state index in [-0.39, 0.29) is 0 Å². The van der Waals surface area contributed by atoms with Gasteiger partial charge in [-0.15, -0.1) is 0 Å². The number of benzene rings is 1. The summed E-state index contributed by atoms with van der Waals surface area (Å²) in [6.45, 7) is 2.89. The van der Waals surface area contributed by atoms with Crippen LogP contribution in [0.2, 0.25) is 0 Å². The first-order valence-corrected chi connectivity index (χ1v) is 5.86. The summed E-state index contributed by atoms with van der Waals surface area (Å²) < 4.78 is 0. The Morgan fingerprint density at radius 3 is 2.88 bits per heavy atom. The van der Waals surface area contributed by atoms with Gasteiger partial charge >= 0.3 is 0 Å². The Morgan fingerprint density at radius 2 is 2.19 bits per heavy atom. The highest BCUT2D eigenvalue weighted by molar-refractivity contribution is 5.78. The molecule has 1 saturated carbocycles. The number of nitrogens with zero attached hydrogens (tertiary/aromatic N) is 1. The predicted molar refractivity (Wildman–Crippen MR) is 67.5 cm³/mol. The van der Waals surface area contributed by atoms with Crippen molar-refractivity contribution >= 4 is 5.96 Å². The zero-order valence-electron chi connectivity index (χ0n) is 9.74. The first kappa shape index (κ1) is 11.0. The van der Waals surface area contributed by atoms with E-state index in [1.807, 2.05) is 0 Å². The van der Waals surface area contributed by atoms with Gasteiger partial charge in [-0.25, -0.2) is 0 Å². The molecule has 0 unspecified atom stereocenters. The molecule has 1 fully saturated rings. The topological polar surface area (TPSA) is 50.4 Å². The van der Waals surface area contributed by atoms with Gasteiger partial charge in [0.1, 0.15) is 0 Å². The fraction of sp³-hybridized carbons (Fsp3) is 0.462. The second kappa shape index (κ2) is 5.01. The highest BCUT2D eigenvalue weighted by Crippen LogP contribution is 2.18. The Kier molecular flexibility index (Phi) is 3.44. The van der Waals surface area contributed by atoms with Gasteiger partial charge in [0.2, 0.25) is 0 Å². The maximum absolute atomic E-state index is 5.76. The molecule has 3 N–H and O–H groups in total. The molecule has 0 amide bonds. The van der Waals surface area contributed by atoms with Crippen LogP contribution in [0.25, 0.3) is 0 Å². The van der Waals surface area contributed by atoms with Crippen LogP contribution < -0.4 is 11.1 Å². The summed E-state index contributed by atoms with van der Waals surface area (Å²) in [5.41, 5.74) is 8.43. The molecular formula is C13H19N3. The van der Waals surface area contributed by atoms with Crippen molar-refractivity contribution in [3.8, 4) is 0 Å². The Hall–Kier alpha value is -1.51. The summed E-state index contributed by atoms with van der Waals surface area (Å²) in [5, 5.41) is 3.18. The van der Waals surface area contributed by atoms with Gasteiger partial charge in [0.25, 0.3) is 0 Å². The Balaban J connectivity index is 1.80. The number of nitrogens with one attached hydrogen (secondary N) is 1. The van der Waals surface area contributed by atoms with Gasteiger partial charge in [-0.1, -0.05) is 24.3 Å². The molecule has 0 aliphatic heterocycles. The molecular weight excluding hydrogens is 198 g/mol. The van der Waals surface area contributed by atoms with Crippen molar-refractivity contribution in [3.63, 3.8) is 0 Å². The molecule has 3 heteroatoms. The molecule has 16 heavy (non-hydrogen) atoms. The lowest BCUT2D eigenvalue weighted by molar-refractivity contribution is 0.868. The molecule has 0 saturated heterocycles. The van der Waals surface area contributed by atoms with Gasteiger partial charge in [-0.05, 0) is 37.3 Å². The second-order valence-corrected chi connectivity index (χ2v) is 4.36. The standard InChI is InChI=1S/C13H19N3/c1-10-4-2-3-5-11(10)8-9-15-13(14)16-12-6-7-12/h2-5,12H,6-9H2,1H3,(H3,14,15,16). The average Bonchev–Trinajstić information content (AvgIpc) is 3.05. The van der Waals surface area contributed by atoms with Gasteiger partial charge in [0, 0.05) is 12.6 Å². The molecule has 1 aromatic carbocycles. The quantitative estimate of drug-likeness (QED) is 0.594. The highest BCUT2D eigenvalue weighted by atomic mass is 15.1. The summed E-state index contributed by atoms with van der Waals surface area (Å²) in [6, 6.07) is 8.99. The van der Waals surface area contributed by atoms with E-state index in [0.717, 1.165) is 13.0 Å². The Morgan fingerprint density at radius 1 is 1.44 bits per heavy atom.